The van der Waals surface area contributed by atoms with Gasteiger partial charge in [-0.1, -0.05) is 41.5 Å². The number of nitrogens with one attached hydrogen (secondary N) is 2. The summed E-state index contributed by atoms with van der Waals surface area (Å²) in [4.78, 5) is 7.01. The molecule has 2 heteroatoms. The van der Waals surface area contributed by atoms with Crippen molar-refractivity contribution in [3.8, 4) is 11.4 Å². The van der Waals surface area contributed by atoms with Gasteiger partial charge in [0.1, 0.15) is 0 Å². The second kappa shape index (κ2) is 4.04. The number of hydrogen-bond donors (Lipinski definition) is 2. The van der Waals surface area contributed by atoms with Crippen LogP contribution in [0.15, 0.2) is 24.3 Å². The van der Waals surface area contributed by atoms with E-state index in [-0.39, 0.29) is 10.8 Å². The molecule has 2 nitrogen and oxygen atoms in total. The minimum absolute atomic E-state index is 0.164. The molecule has 0 saturated carbocycles. The van der Waals surface area contributed by atoms with E-state index in [9.17, 15) is 0 Å². The van der Waals surface area contributed by atoms with Crippen molar-refractivity contribution in [2.24, 2.45) is 0 Å². The summed E-state index contributed by atoms with van der Waals surface area (Å²) in [6, 6.07) is 8.65. The lowest BCUT2D eigenvalue weighted by Gasteiger charge is -2.16. The molecular weight excluding hydrogens is 220 g/mol. The normalized spacial score (nSPS) is 13.0. The summed E-state index contributed by atoms with van der Waals surface area (Å²) in [6.45, 7) is 13.3. The van der Waals surface area contributed by atoms with Gasteiger partial charge in [0.2, 0.25) is 0 Å². The topological polar surface area (TPSA) is 31.6 Å². The summed E-state index contributed by atoms with van der Waals surface area (Å²) >= 11 is 0. The van der Waals surface area contributed by atoms with Crippen LogP contribution in [0, 0.1) is 0 Å². The predicted octanol–water partition coefficient (Wildman–Crippen LogP) is 4.60. The number of rotatable bonds is 1. The summed E-state index contributed by atoms with van der Waals surface area (Å²) in [6.07, 6.45) is 0. The lowest BCUT2D eigenvalue weighted by atomic mass is 9.93. The van der Waals surface area contributed by atoms with E-state index in [1.54, 1.807) is 0 Å². The molecule has 0 atom stereocenters. The molecule has 0 radical (unpaired) electrons. The molecule has 0 amide bonds. The average molecular weight is 244 g/mol. The van der Waals surface area contributed by atoms with Gasteiger partial charge in [-0.25, -0.2) is 0 Å². The van der Waals surface area contributed by atoms with Gasteiger partial charge in [0.15, 0.2) is 0 Å². The lowest BCUT2D eigenvalue weighted by molar-refractivity contribution is 0.571. The Kier molecular flexibility index (Phi) is 2.92. The quantitative estimate of drug-likeness (QED) is 0.734. The zero-order chi connectivity index (χ0) is 13.6. The third-order valence-corrected chi connectivity index (χ3v) is 3.28. The molecule has 0 aromatic carbocycles. The van der Waals surface area contributed by atoms with E-state index in [0.717, 1.165) is 11.4 Å². The van der Waals surface area contributed by atoms with Crippen molar-refractivity contribution < 1.29 is 0 Å². The highest BCUT2D eigenvalue weighted by Crippen LogP contribution is 2.28. The molecule has 0 spiro atoms. The van der Waals surface area contributed by atoms with E-state index >= 15 is 0 Å². The third-order valence-electron chi connectivity index (χ3n) is 3.28. The van der Waals surface area contributed by atoms with E-state index in [1.807, 2.05) is 0 Å². The first-order chi connectivity index (χ1) is 8.18. The Morgan fingerprint density at radius 3 is 1.17 bits per heavy atom. The van der Waals surface area contributed by atoms with Crippen LogP contribution in [0.1, 0.15) is 52.9 Å². The molecule has 2 rings (SSSR count). The zero-order valence-electron chi connectivity index (χ0n) is 12.3. The van der Waals surface area contributed by atoms with E-state index in [2.05, 4.69) is 75.8 Å². The molecule has 0 saturated heterocycles. The molecule has 18 heavy (non-hydrogen) atoms. The molecule has 2 aromatic rings. The summed E-state index contributed by atoms with van der Waals surface area (Å²) in [5.41, 5.74) is 5.19. The maximum Gasteiger partial charge on any atom is 0.0621 e. The molecular formula is C16H24N2. The van der Waals surface area contributed by atoms with Crippen molar-refractivity contribution in [2.45, 2.75) is 52.4 Å². The van der Waals surface area contributed by atoms with E-state index in [1.165, 1.54) is 11.4 Å². The van der Waals surface area contributed by atoms with Crippen molar-refractivity contribution >= 4 is 0 Å². The fourth-order valence-electron chi connectivity index (χ4n) is 1.98. The fraction of sp³-hybridized carbons (Fsp3) is 0.500. The zero-order valence-corrected chi connectivity index (χ0v) is 12.3. The molecule has 0 bridgehead atoms. The Hall–Kier alpha value is -1.44. The van der Waals surface area contributed by atoms with Gasteiger partial charge in [-0.05, 0) is 24.3 Å². The molecule has 0 aliphatic carbocycles. The maximum absolute atomic E-state index is 3.50. The SMILES string of the molecule is CC(C)(C)c1ccc(-c2ccc(C(C)(C)C)[nH]2)[nH]1. The van der Waals surface area contributed by atoms with Gasteiger partial charge in [-0.15, -0.1) is 0 Å². The van der Waals surface area contributed by atoms with Crippen molar-refractivity contribution in [1.29, 1.82) is 0 Å². The second-order valence-corrected chi connectivity index (χ2v) is 7.07. The van der Waals surface area contributed by atoms with Crippen LogP contribution in [0.5, 0.6) is 0 Å². The van der Waals surface area contributed by atoms with Crippen LogP contribution in [0.3, 0.4) is 0 Å². The van der Waals surface area contributed by atoms with Crippen LogP contribution in [0.2, 0.25) is 0 Å². The lowest BCUT2D eigenvalue weighted by Crippen LogP contribution is -2.11. The molecule has 0 aliphatic heterocycles. The Balaban J connectivity index is 2.33. The summed E-state index contributed by atoms with van der Waals surface area (Å²) < 4.78 is 0. The number of H-pyrrole nitrogens is 2. The molecule has 2 aromatic heterocycles. The predicted molar refractivity (Wildman–Crippen MR) is 78.0 cm³/mol. The third kappa shape index (κ3) is 2.53. The van der Waals surface area contributed by atoms with Crippen molar-refractivity contribution in [1.82, 2.24) is 9.97 Å². The minimum Gasteiger partial charge on any atom is -0.357 e. The van der Waals surface area contributed by atoms with Gasteiger partial charge >= 0.3 is 0 Å². The molecule has 0 unspecified atom stereocenters. The summed E-state index contributed by atoms with van der Waals surface area (Å²) in [7, 11) is 0. The van der Waals surface area contributed by atoms with Crippen molar-refractivity contribution in [2.75, 3.05) is 0 Å². The largest absolute Gasteiger partial charge is 0.357 e. The highest BCUT2D eigenvalue weighted by molar-refractivity contribution is 5.57. The van der Waals surface area contributed by atoms with E-state index < -0.39 is 0 Å². The van der Waals surface area contributed by atoms with Gasteiger partial charge in [0.05, 0.1) is 11.4 Å². The van der Waals surface area contributed by atoms with Crippen LogP contribution >= 0.6 is 0 Å². The highest BCUT2D eigenvalue weighted by atomic mass is 14.8. The Bertz CT molecular complexity index is 480. The minimum atomic E-state index is 0.164. The van der Waals surface area contributed by atoms with Gasteiger partial charge in [0, 0.05) is 22.2 Å². The first-order valence-electron chi connectivity index (χ1n) is 6.57. The van der Waals surface area contributed by atoms with Gasteiger partial charge in [0.25, 0.3) is 0 Å². The van der Waals surface area contributed by atoms with E-state index in [4.69, 9.17) is 0 Å². The number of aromatic amines is 2. The fourth-order valence-corrected chi connectivity index (χ4v) is 1.98. The van der Waals surface area contributed by atoms with Crippen LogP contribution in [0.25, 0.3) is 11.4 Å². The summed E-state index contributed by atoms with van der Waals surface area (Å²) in [5.74, 6) is 0. The number of hydrogen-bond acceptors (Lipinski definition) is 0. The maximum atomic E-state index is 3.50. The standard InChI is InChI=1S/C16H24N2/c1-15(2,3)13-9-7-11(17-13)12-8-10-14(18-12)16(4,5)6/h7-10,17-18H,1-6H3. The Labute approximate surface area is 110 Å². The Morgan fingerprint density at radius 1 is 0.611 bits per heavy atom. The van der Waals surface area contributed by atoms with Gasteiger partial charge < -0.3 is 9.97 Å². The molecule has 98 valence electrons. The average Bonchev–Trinajstić information content (AvgIpc) is 2.84. The van der Waals surface area contributed by atoms with E-state index in [0.29, 0.717) is 0 Å². The van der Waals surface area contributed by atoms with Crippen LogP contribution in [0.4, 0.5) is 0 Å². The summed E-state index contributed by atoms with van der Waals surface area (Å²) in [5, 5.41) is 0. The van der Waals surface area contributed by atoms with Crippen LogP contribution < -0.4 is 0 Å². The first kappa shape index (κ1) is 13.0. The second-order valence-electron chi connectivity index (χ2n) is 7.07. The molecule has 2 heterocycles. The molecule has 0 aliphatic rings. The monoisotopic (exact) mass is 244 g/mol. The first-order valence-corrected chi connectivity index (χ1v) is 6.57. The number of aromatic nitrogens is 2. The van der Waals surface area contributed by atoms with Crippen LogP contribution in [-0.2, 0) is 10.8 Å². The molecule has 0 fully saturated rings. The van der Waals surface area contributed by atoms with Gasteiger partial charge in [-0.2, -0.15) is 0 Å². The van der Waals surface area contributed by atoms with Gasteiger partial charge in [-0.3, -0.25) is 0 Å². The van der Waals surface area contributed by atoms with Crippen molar-refractivity contribution in [3.05, 3.63) is 35.7 Å². The van der Waals surface area contributed by atoms with Crippen LogP contribution in [-0.4, -0.2) is 9.97 Å². The van der Waals surface area contributed by atoms with Crippen molar-refractivity contribution in [3.63, 3.8) is 0 Å². The highest BCUT2D eigenvalue weighted by Gasteiger charge is 2.18. The molecule has 2 N–H and O–H groups in total. The smallest absolute Gasteiger partial charge is 0.0621 e. The Morgan fingerprint density at radius 2 is 0.944 bits per heavy atom.